The SMILES string of the molecule is Nc1ncc(-c2cnn(C3CCN(C4CC5(CCN(CC6CCN(C(=O)c7ccc(C(=O)NC8CCC(=O)NC8=O)cc7)CC6)CC5)C4)CC3)c2)nc1C(=O)O[C@@H](C(=O)Nc1ccc(F)cc1)c1ccccc1. The smallest absolute Gasteiger partial charge is 0.361 e. The van der Waals surface area contributed by atoms with Gasteiger partial charge in [0.15, 0.2) is 11.5 Å². The lowest BCUT2D eigenvalue weighted by Gasteiger charge is -2.56. The van der Waals surface area contributed by atoms with Gasteiger partial charge < -0.3 is 35.8 Å². The van der Waals surface area contributed by atoms with Crippen molar-refractivity contribution in [1.29, 1.82) is 0 Å². The average Bonchev–Trinajstić information content (AvgIpc) is 3.90. The average molecular weight is 994 g/mol. The summed E-state index contributed by atoms with van der Waals surface area (Å²) in [5, 5.41) is 12.3. The molecule has 19 heteroatoms. The summed E-state index contributed by atoms with van der Waals surface area (Å²) in [6.45, 7) is 6.71. The number of hydrogen-bond donors (Lipinski definition) is 4. The first-order chi connectivity index (χ1) is 35.3. The molecule has 0 radical (unpaired) electrons. The molecule has 10 rings (SSSR count). The van der Waals surface area contributed by atoms with Crippen LogP contribution >= 0.6 is 0 Å². The summed E-state index contributed by atoms with van der Waals surface area (Å²) in [5.41, 5.74) is 9.04. The maximum Gasteiger partial charge on any atom is 0.361 e. The van der Waals surface area contributed by atoms with Crippen LogP contribution in [0, 0.1) is 17.2 Å². The number of nitrogens with one attached hydrogen (secondary N) is 3. The van der Waals surface area contributed by atoms with Crippen LogP contribution in [0.25, 0.3) is 11.3 Å². The van der Waals surface area contributed by atoms with Crippen molar-refractivity contribution >= 4 is 47.0 Å². The van der Waals surface area contributed by atoms with Crippen molar-refractivity contribution < 1.29 is 37.9 Å². The molecule has 2 aromatic heterocycles. The molecule has 4 aliphatic heterocycles. The van der Waals surface area contributed by atoms with Crippen molar-refractivity contribution in [1.82, 2.24) is 45.1 Å². The van der Waals surface area contributed by atoms with Crippen molar-refractivity contribution in [3.8, 4) is 11.3 Å². The van der Waals surface area contributed by atoms with Gasteiger partial charge >= 0.3 is 5.97 Å². The topological polar surface area (TPSA) is 227 Å². The van der Waals surface area contributed by atoms with Gasteiger partial charge in [0.2, 0.25) is 17.9 Å². The summed E-state index contributed by atoms with van der Waals surface area (Å²) in [6, 6.07) is 20.4. The van der Waals surface area contributed by atoms with Crippen molar-refractivity contribution in [3.05, 3.63) is 126 Å². The first-order valence-electron chi connectivity index (χ1n) is 25.3. The van der Waals surface area contributed by atoms with Crippen molar-refractivity contribution in [2.24, 2.45) is 11.3 Å². The minimum Gasteiger partial charge on any atom is -0.442 e. The second-order valence-electron chi connectivity index (χ2n) is 20.3. The molecule has 5 aliphatic rings. The number of hydrogen-bond acceptors (Lipinski definition) is 13. The van der Waals surface area contributed by atoms with Gasteiger partial charge in [-0.25, -0.2) is 19.2 Å². The molecule has 380 valence electrons. The monoisotopic (exact) mass is 993 g/mol. The van der Waals surface area contributed by atoms with E-state index in [1.807, 2.05) is 15.8 Å². The fourth-order valence-corrected chi connectivity index (χ4v) is 11.2. The highest BCUT2D eigenvalue weighted by molar-refractivity contribution is 6.04. The number of benzene rings is 3. The van der Waals surface area contributed by atoms with Gasteiger partial charge in [-0.15, -0.1) is 0 Å². The number of imide groups is 1. The fourth-order valence-electron chi connectivity index (χ4n) is 11.2. The number of anilines is 2. The first kappa shape index (κ1) is 49.2. The molecule has 1 saturated carbocycles. The summed E-state index contributed by atoms with van der Waals surface area (Å²) in [6.07, 6.45) is 13.0. The number of aromatic nitrogens is 4. The van der Waals surface area contributed by atoms with Gasteiger partial charge in [-0.3, -0.25) is 34.0 Å². The van der Waals surface area contributed by atoms with E-state index in [9.17, 15) is 33.2 Å². The molecule has 1 spiro atoms. The molecule has 1 aliphatic carbocycles. The molecule has 1 unspecified atom stereocenters. The predicted molar refractivity (Wildman–Crippen MR) is 267 cm³/mol. The quantitative estimate of drug-likeness (QED) is 0.0838. The van der Waals surface area contributed by atoms with E-state index in [4.69, 9.17) is 15.6 Å². The number of likely N-dealkylation sites (tertiary alicyclic amines) is 3. The van der Waals surface area contributed by atoms with E-state index >= 15 is 0 Å². The summed E-state index contributed by atoms with van der Waals surface area (Å²) in [7, 11) is 0. The van der Waals surface area contributed by atoms with E-state index in [-0.39, 0.29) is 42.2 Å². The third kappa shape index (κ3) is 11.3. The molecule has 5 amide bonds. The van der Waals surface area contributed by atoms with E-state index in [0.717, 1.165) is 58.4 Å². The van der Waals surface area contributed by atoms with Gasteiger partial charge in [0.1, 0.15) is 11.9 Å². The number of carbonyl (C=O) groups is 6. The van der Waals surface area contributed by atoms with E-state index in [0.29, 0.717) is 64.1 Å². The molecule has 5 aromatic rings. The first-order valence-corrected chi connectivity index (χ1v) is 25.3. The standard InChI is InChI=1S/C54H60FN11O7/c55-39-10-12-40(13-11-39)59-51(70)47(35-4-2-1-3-5-35)73-53(72)46-48(56)57-31-44(60-46)38-30-58-66(33-38)41-18-24-64(25-19-41)42-28-54(29-42)20-26-63(27-21-54)32-34-16-22-65(23-17-34)52(71)37-8-6-36(7-9-37)49(68)61-43-14-15-45(67)62-50(43)69/h1-13,30-31,33-34,41-43,47H,14-29,32H2,(H2,56,57)(H,59,70)(H,61,68)(H,62,67,69)/t43?,47-/m1/s1. The number of esters is 1. The summed E-state index contributed by atoms with van der Waals surface area (Å²) in [5.74, 6) is -2.91. The second kappa shape index (κ2) is 21.4. The molecule has 0 bridgehead atoms. The number of nitrogens with zero attached hydrogens (tertiary/aromatic N) is 7. The number of ether oxygens (including phenoxy) is 1. The van der Waals surface area contributed by atoms with Crippen LogP contribution in [0.5, 0.6) is 0 Å². The molecular weight excluding hydrogens is 934 g/mol. The summed E-state index contributed by atoms with van der Waals surface area (Å²) < 4.78 is 21.2. The Labute approximate surface area is 422 Å². The van der Waals surface area contributed by atoms with E-state index in [1.54, 1.807) is 60.8 Å². The van der Waals surface area contributed by atoms with Crippen LogP contribution < -0.4 is 21.7 Å². The third-order valence-corrected chi connectivity index (χ3v) is 15.6. The van der Waals surface area contributed by atoms with E-state index in [2.05, 4.69) is 35.7 Å². The molecule has 73 heavy (non-hydrogen) atoms. The van der Waals surface area contributed by atoms with Crippen LogP contribution in [-0.2, 0) is 19.1 Å². The Bertz CT molecular complexity index is 2830. The normalized spacial score (nSPS) is 20.5. The maximum absolute atomic E-state index is 13.6. The molecule has 2 atom stereocenters. The van der Waals surface area contributed by atoms with Gasteiger partial charge in [-0.2, -0.15) is 5.10 Å². The fraction of sp³-hybridized carbons (Fsp3) is 0.426. The predicted octanol–water partition coefficient (Wildman–Crippen LogP) is 5.57. The van der Waals surface area contributed by atoms with Crippen LogP contribution in [-0.4, -0.2) is 128 Å². The minimum atomic E-state index is -1.36. The van der Waals surface area contributed by atoms with Crippen LogP contribution in [0.2, 0.25) is 0 Å². The Hall–Kier alpha value is -7.38. The number of carbonyl (C=O) groups excluding carboxylic acids is 6. The van der Waals surface area contributed by atoms with Crippen molar-refractivity contribution in [3.63, 3.8) is 0 Å². The highest BCUT2D eigenvalue weighted by Crippen LogP contribution is 2.51. The lowest BCUT2D eigenvalue weighted by Crippen LogP contribution is -2.56. The van der Waals surface area contributed by atoms with E-state index < -0.39 is 41.7 Å². The largest absolute Gasteiger partial charge is 0.442 e. The van der Waals surface area contributed by atoms with Gasteiger partial charge in [-0.05, 0) is 131 Å². The number of halogens is 1. The van der Waals surface area contributed by atoms with Crippen molar-refractivity contribution in [2.45, 2.75) is 88.4 Å². The Balaban J connectivity index is 0.647. The molecule has 3 aromatic carbocycles. The third-order valence-electron chi connectivity index (χ3n) is 15.6. The maximum atomic E-state index is 13.6. The highest BCUT2D eigenvalue weighted by Gasteiger charge is 2.48. The number of rotatable bonds is 13. The van der Waals surface area contributed by atoms with Crippen LogP contribution in [0.4, 0.5) is 15.9 Å². The molecule has 5 N–H and O–H groups in total. The van der Waals surface area contributed by atoms with Crippen molar-refractivity contribution in [2.75, 3.05) is 56.9 Å². The van der Waals surface area contributed by atoms with Crippen LogP contribution in [0.1, 0.15) is 113 Å². The molecule has 5 fully saturated rings. The lowest BCUT2D eigenvalue weighted by atomic mass is 9.59. The lowest BCUT2D eigenvalue weighted by molar-refractivity contribution is -0.134. The van der Waals surface area contributed by atoms with Gasteiger partial charge in [0.25, 0.3) is 17.7 Å². The Kier molecular flexibility index (Phi) is 14.4. The Morgan fingerprint density at radius 1 is 0.822 bits per heavy atom. The van der Waals surface area contributed by atoms with Crippen LogP contribution in [0.3, 0.4) is 0 Å². The second-order valence-corrected chi connectivity index (χ2v) is 20.3. The Morgan fingerprint density at radius 2 is 1.52 bits per heavy atom. The number of piperidine rings is 4. The van der Waals surface area contributed by atoms with Crippen LogP contribution in [0.15, 0.2) is 97.5 Å². The number of nitrogens with two attached hydrogens (primary N) is 1. The zero-order valence-corrected chi connectivity index (χ0v) is 40.6. The number of amides is 5. The Morgan fingerprint density at radius 3 is 2.22 bits per heavy atom. The molecule has 18 nitrogen and oxygen atoms in total. The molecular formula is C54H60FN11O7. The zero-order valence-electron chi connectivity index (χ0n) is 40.6. The summed E-state index contributed by atoms with van der Waals surface area (Å²) >= 11 is 0. The molecule has 6 heterocycles. The van der Waals surface area contributed by atoms with Gasteiger partial charge in [0, 0.05) is 79.3 Å². The summed E-state index contributed by atoms with van der Waals surface area (Å²) in [4.78, 5) is 92.6. The van der Waals surface area contributed by atoms with Gasteiger partial charge in [0.05, 0.1) is 24.1 Å². The zero-order chi connectivity index (χ0) is 50.6. The highest BCUT2D eigenvalue weighted by atomic mass is 19.1. The molecule has 4 saturated heterocycles. The van der Waals surface area contributed by atoms with E-state index in [1.165, 1.54) is 56.1 Å². The van der Waals surface area contributed by atoms with Gasteiger partial charge in [-0.1, -0.05) is 30.3 Å². The number of nitrogen functional groups attached to an aromatic ring is 1. The minimum absolute atomic E-state index is 0.0393.